The average molecular weight is 315 g/mol. The maximum absolute atomic E-state index is 5.45. The van der Waals surface area contributed by atoms with Gasteiger partial charge < -0.3 is 4.52 Å². The Kier molecular flexibility index (Phi) is 5.00. The van der Waals surface area contributed by atoms with Crippen LogP contribution in [0, 0.1) is 0 Å². The number of likely N-dealkylation sites (tertiary alicyclic amines) is 1. The van der Waals surface area contributed by atoms with E-state index in [2.05, 4.69) is 45.8 Å². The van der Waals surface area contributed by atoms with Gasteiger partial charge in [-0.05, 0) is 32.0 Å². The monoisotopic (exact) mass is 315 g/mol. The molecule has 0 unspecified atom stereocenters. The molecule has 6 heteroatoms. The van der Waals surface area contributed by atoms with Crippen LogP contribution in [0.2, 0.25) is 0 Å². The van der Waals surface area contributed by atoms with Crippen molar-refractivity contribution in [2.75, 3.05) is 13.1 Å². The zero-order valence-electron chi connectivity index (χ0n) is 14.2. The molecular formula is C17H25N5O. The number of piperidine rings is 1. The maximum Gasteiger partial charge on any atom is 0.229 e. The van der Waals surface area contributed by atoms with E-state index < -0.39 is 0 Å². The van der Waals surface area contributed by atoms with Crippen molar-refractivity contribution in [3.05, 3.63) is 35.5 Å². The van der Waals surface area contributed by atoms with Gasteiger partial charge in [0.15, 0.2) is 5.82 Å². The molecule has 2 aromatic rings. The molecular weight excluding hydrogens is 290 g/mol. The Labute approximate surface area is 137 Å². The Morgan fingerprint density at radius 1 is 1.26 bits per heavy atom. The molecule has 1 aliphatic heterocycles. The second kappa shape index (κ2) is 7.17. The molecule has 1 aliphatic rings. The topological polar surface area (TPSA) is 67.9 Å². The summed E-state index contributed by atoms with van der Waals surface area (Å²) in [5.41, 5.74) is 1.11. The summed E-state index contributed by atoms with van der Waals surface area (Å²) >= 11 is 0. The fourth-order valence-corrected chi connectivity index (χ4v) is 2.91. The highest BCUT2D eigenvalue weighted by atomic mass is 16.5. The molecule has 3 heterocycles. The van der Waals surface area contributed by atoms with E-state index in [9.17, 15) is 0 Å². The lowest BCUT2D eigenvalue weighted by Gasteiger charge is -2.29. The second-order valence-corrected chi connectivity index (χ2v) is 6.51. The lowest BCUT2D eigenvalue weighted by Crippen LogP contribution is -2.33. The first-order chi connectivity index (χ1) is 11.2. The summed E-state index contributed by atoms with van der Waals surface area (Å²) in [6.07, 6.45) is 4.86. The Morgan fingerprint density at radius 3 is 2.70 bits per heavy atom. The molecule has 1 fully saturated rings. The Bertz CT molecular complexity index is 631. The summed E-state index contributed by atoms with van der Waals surface area (Å²) in [5, 5.41) is 4.08. The van der Waals surface area contributed by atoms with Gasteiger partial charge in [-0.2, -0.15) is 4.98 Å². The van der Waals surface area contributed by atoms with E-state index >= 15 is 0 Å². The van der Waals surface area contributed by atoms with Gasteiger partial charge >= 0.3 is 0 Å². The molecule has 0 N–H and O–H groups in total. The molecule has 0 radical (unpaired) electrons. The van der Waals surface area contributed by atoms with Crippen LogP contribution in [-0.4, -0.2) is 38.1 Å². The zero-order chi connectivity index (χ0) is 16.2. The summed E-state index contributed by atoms with van der Waals surface area (Å²) < 4.78 is 5.45. The number of rotatable bonds is 5. The van der Waals surface area contributed by atoms with E-state index in [1.807, 2.05) is 12.3 Å². The molecule has 124 valence electrons. The Hall–Kier alpha value is -1.82. The van der Waals surface area contributed by atoms with E-state index in [4.69, 9.17) is 4.52 Å². The Morgan fingerprint density at radius 2 is 2.04 bits per heavy atom. The molecule has 0 spiro atoms. The van der Waals surface area contributed by atoms with Gasteiger partial charge in [0.2, 0.25) is 5.89 Å². The standard InChI is InChI=1S/C17H25N5O/c1-4-15-18-8-5-14(19-15)11-22-9-6-13(7-10-22)17-20-16(12(2)3)21-23-17/h5,8,12-13H,4,6-7,9-11H2,1-3H3. The number of hydrogen-bond acceptors (Lipinski definition) is 6. The van der Waals surface area contributed by atoms with Crippen LogP contribution in [0.5, 0.6) is 0 Å². The molecule has 0 aliphatic carbocycles. The van der Waals surface area contributed by atoms with Crippen molar-refractivity contribution < 1.29 is 4.52 Å². The van der Waals surface area contributed by atoms with Crippen molar-refractivity contribution in [3.8, 4) is 0 Å². The summed E-state index contributed by atoms with van der Waals surface area (Å²) in [7, 11) is 0. The van der Waals surface area contributed by atoms with Crippen LogP contribution >= 0.6 is 0 Å². The molecule has 0 amide bonds. The molecule has 2 aromatic heterocycles. The van der Waals surface area contributed by atoms with Gasteiger partial charge in [0.25, 0.3) is 0 Å². The van der Waals surface area contributed by atoms with Gasteiger partial charge in [-0.15, -0.1) is 0 Å². The van der Waals surface area contributed by atoms with Crippen molar-refractivity contribution in [2.24, 2.45) is 0 Å². The molecule has 6 nitrogen and oxygen atoms in total. The maximum atomic E-state index is 5.45. The third kappa shape index (κ3) is 3.93. The van der Waals surface area contributed by atoms with Crippen molar-refractivity contribution in [2.45, 2.75) is 58.4 Å². The smallest absolute Gasteiger partial charge is 0.229 e. The predicted molar refractivity (Wildman–Crippen MR) is 87.0 cm³/mol. The average Bonchev–Trinajstić information content (AvgIpc) is 3.06. The van der Waals surface area contributed by atoms with Crippen molar-refractivity contribution >= 4 is 0 Å². The zero-order valence-corrected chi connectivity index (χ0v) is 14.2. The SMILES string of the molecule is CCc1nccc(CN2CCC(c3nc(C(C)C)no3)CC2)n1. The molecule has 0 atom stereocenters. The molecule has 23 heavy (non-hydrogen) atoms. The van der Waals surface area contributed by atoms with Crippen LogP contribution in [0.4, 0.5) is 0 Å². The first-order valence-electron chi connectivity index (χ1n) is 8.52. The van der Waals surface area contributed by atoms with Crippen LogP contribution in [0.3, 0.4) is 0 Å². The normalized spacial score (nSPS) is 17.0. The largest absolute Gasteiger partial charge is 0.339 e. The van der Waals surface area contributed by atoms with E-state index in [0.29, 0.717) is 11.8 Å². The fourth-order valence-electron chi connectivity index (χ4n) is 2.91. The van der Waals surface area contributed by atoms with E-state index in [0.717, 1.165) is 62.1 Å². The lowest BCUT2D eigenvalue weighted by molar-refractivity contribution is 0.185. The van der Waals surface area contributed by atoms with Gasteiger partial charge in [0.05, 0.1) is 5.69 Å². The summed E-state index contributed by atoms with van der Waals surface area (Å²) in [5.74, 6) is 3.25. The van der Waals surface area contributed by atoms with Crippen LogP contribution in [0.25, 0.3) is 0 Å². The minimum atomic E-state index is 0.318. The minimum absolute atomic E-state index is 0.318. The molecule has 0 saturated carbocycles. The van der Waals surface area contributed by atoms with Gasteiger partial charge in [0, 0.05) is 31.0 Å². The first-order valence-corrected chi connectivity index (χ1v) is 8.52. The van der Waals surface area contributed by atoms with Crippen LogP contribution < -0.4 is 0 Å². The van der Waals surface area contributed by atoms with Gasteiger partial charge in [0.1, 0.15) is 5.82 Å². The van der Waals surface area contributed by atoms with Crippen LogP contribution in [-0.2, 0) is 13.0 Å². The van der Waals surface area contributed by atoms with Crippen molar-refractivity contribution in [3.63, 3.8) is 0 Å². The van der Waals surface area contributed by atoms with Gasteiger partial charge in [-0.1, -0.05) is 25.9 Å². The fraction of sp³-hybridized carbons (Fsp3) is 0.647. The molecule has 1 saturated heterocycles. The summed E-state index contributed by atoms with van der Waals surface area (Å²) in [6, 6.07) is 2.01. The number of aromatic nitrogens is 4. The number of nitrogens with zero attached hydrogens (tertiary/aromatic N) is 5. The van der Waals surface area contributed by atoms with Crippen molar-refractivity contribution in [1.82, 2.24) is 25.0 Å². The summed E-state index contributed by atoms with van der Waals surface area (Å²) in [4.78, 5) is 15.8. The minimum Gasteiger partial charge on any atom is -0.339 e. The third-order valence-electron chi connectivity index (χ3n) is 4.38. The van der Waals surface area contributed by atoms with Gasteiger partial charge in [-0.3, -0.25) is 4.90 Å². The first kappa shape index (κ1) is 16.1. The highest BCUT2D eigenvalue weighted by Crippen LogP contribution is 2.28. The predicted octanol–water partition coefficient (Wildman–Crippen LogP) is 2.93. The highest BCUT2D eigenvalue weighted by molar-refractivity contribution is 5.04. The third-order valence-corrected chi connectivity index (χ3v) is 4.38. The van der Waals surface area contributed by atoms with E-state index in [-0.39, 0.29) is 0 Å². The highest BCUT2D eigenvalue weighted by Gasteiger charge is 2.25. The van der Waals surface area contributed by atoms with E-state index in [1.165, 1.54) is 0 Å². The number of aryl methyl sites for hydroxylation is 1. The Balaban J connectivity index is 1.55. The molecule has 0 bridgehead atoms. The number of hydrogen-bond donors (Lipinski definition) is 0. The second-order valence-electron chi connectivity index (χ2n) is 6.51. The molecule has 0 aromatic carbocycles. The van der Waals surface area contributed by atoms with Crippen molar-refractivity contribution in [1.29, 1.82) is 0 Å². The van der Waals surface area contributed by atoms with E-state index in [1.54, 1.807) is 0 Å². The summed E-state index contributed by atoms with van der Waals surface area (Å²) in [6.45, 7) is 9.22. The quantitative estimate of drug-likeness (QED) is 0.845. The van der Waals surface area contributed by atoms with Crippen LogP contribution in [0.1, 0.15) is 68.7 Å². The lowest BCUT2D eigenvalue weighted by atomic mass is 9.96. The molecule has 3 rings (SSSR count). The van der Waals surface area contributed by atoms with Crippen LogP contribution in [0.15, 0.2) is 16.8 Å². The van der Waals surface area contributed by atoms with Gasteiger partial charge in [-0.25, -0.2) is 9.97 Å².